The molecule has 1 aromatic heterocycles. The van der Waals surface area contributed by atoms with Gasteiger partial charge in [0, 0.05) is 29.5 Å². The lowest BCUT2D eigenvalue weighted by Gasteiger charge is -2.28. The van der Waals surface area contributed by atoms with Crippen LogP contribution in [-0.2, 0) is 19.4 Å². The van der Waals surface area contributed by atoms with Crippen LogP contribution in [0.25, 0.3) is 16.3 Å². The number of aromatic nitrogens is 1. The molecule has 174 valence electrons. The van der Waals surface area contributed by atoms with E-state index in [1.807, 2.05) is 23.1 Å². The molecule has 0 bridgehead atoms. The Morgan fingerprint density at radius 2 is 1.83 bits per heavy atom. The molecule has 4 heterocycles. The third-order valence-corrected chi connectivity index (χ3v) is 10.6. The van der Waals surface area contributed by atoms with Gasteiger partial charge in [-0.25, -0.2) is 0 Å². The van der Waals surface area contributed by atoms with Gasteiger partial charge in [0.2, 0.25) is 5.52 Å². The number of benzene rings is 2. The molecule has 2 aromatic carbocycles. The topological polar surface area (TPSA) is 7.12 Å². The van der Waals surface area contributed by atoms with Crippen LogP contribution >= 0.6 is 23.1 Å². The Kier molecular flexibility index (Phi) is 4.70. The zero-order valence-corrected chi connectivity index (χ0v) is 21.6. The molecule has 5 aliphatic rings. The van der Waals surface area contributed by atoms with Gasteiger partial charge in [0.1, 0.15) is 4.70 Å². The number of nitrogens with zero attached hydrogens (tertiary/aromatic N) is 2. The molecule has 1 atom stereocenters. The largest absolute Gasteiger partial charge is 0.334 e. The highest BCUT2D eigenvalue weighted by molar-refractivity contribution is 8.03. The molecule has 0 spiro atoms. The van der Waals surface area contributed by atoms with Gasteiger partial charge in [0.05, 0.1) is 10.7 Å². The molecule has 0 fully saturated rings. The third kappa shape index (κ3) is 3.33. The molecule has 3 aliphatic heterocycles. The molecule has 35 heavy (non-hydrogen) atoms. The normalized spacial score (nSPS) is 24.7. The van der Waals surface area contributed by atoms with Crippen LogP contribution in [-0.4, -0.2) is 6.54 Å². The molecular formula is C31H29N2S2+. The maximum absolute atomic E-state index is 2.59. The van der Waals surface area contributed by atoms with Crippen LogP contribution in [0.3, 0.4) is 0 Å². The third-order valence-electron chi connectivity index (χ3n) is 8.45. The lowest BCUT2D eigenvalue weighted by atomic mass is 9.77. The summed E-state index contributed by atoms with van der Waals surface area (Å²) in [7, 11) is 0. The zero-order valence-electron chi connectivity index (χ0n) is 19.9. The van der Waals surface area contributed by atoms with Gasteiger partial charge in [-0.15, -0.1) is 0 Å². The van der Waals surface area contributed by atoms with Gasteiger partial charge in [0.25, 0.3) is 5.01 Å². The molecule has 0 radical (unpaired) electrons. The minimum Gasteiger partial charge on any atom is -0.334 e. The van der Waals surface area contributed by atoms with Crippen LogP contribution in [0.4, 0.5) is 5.69 Å². The van der Waals surface area contributed by atoms with Crippen molar-refractivity contribution in [2.45, 2.75) is 56.4 Å². The summed E-state index contributed by atoms with van der Waals surface area (Å²) in [6.07, 6.45) is 18.7. The van der Waals surface area contributed by atoms with E-state index in [4.69, 9.17) is 0 Å². The van der Waals surface area contributed by atoms with Crippen LogP contribution in [0.1, 0.15) is 48.2 Å². The maximum atomic E-state index is 2.59. The Bertz CT molecular complexity index is 1520. The van der Waals surface area contributed by atoms with Gasteiger partial charge in [0.15, 0.2) is 6.54 Å². The Morgan fingerprint density at radius 1 is 0.914 bits per heavy atom. The van der Waals surface area contributed by atoms with E-state index in [2.05, 4.69) is 70.2 Å². The molecule has 0 amide bonds. The van der Waals surface area contributed by atoms with Gasteiger partial charge < -0.3 is 4.90 Å². The van der Waals surface area contributed by atoms with E-state index in [0.29, 0.717) is 0 Å². The van der Waals surface area contributed by atoms with Crippen LogP contribution in [0.5, 0.6) is 0 Å². The first kappa shape index (κ1) is 20.6. The minimum atomic E-state index is 0.737. The average Bonchev–Trinajstić information content (AvgIpc) is 3.58. The number of anilines is 1. The summed E-state index contributed by atoms with van der Waals surface area (Å²) in [4.78, 5) is 4.00. The molecule has 0 saturated carbocycles. The lowest BCUT2D eigenvalue weighted by Crippen LogP contribution is -2.38. The predicted octanol–water partition coefficient (Wildman–Crippen LogP) is 7.58. The molecular weight excluding hydrogens is 464 g/mol. The quantitative estimate of drug-likeness (QED) is 0.340. The summed E-state index contributed by atoms with van der Waals surface area (Å²) >= 11 is 3.93. The van der Waals surface area contributed by atoms with Crippen molar-refractivity contribution in [1.82, 2.24) is 0 Å². The van der Waals surface area contributed by atoms with E-state index in [-0.39, 0.29) is 0 Å². The van der Waals surface area contributed by atoms with Gasteiger partial charge in [-0.2, -0.15) is 4.57 Å². The number of aryl methyl sites for hydroxylation is 2. The monoisotopic (exact) mass is 493 g/mol. The Labute approximate surface area is 215 Å². The summed E-state index contributed by atoms with van der Waals surface area (Å²) in [6, 6.07) is 13.7. The summed E-state index contributed by atoms with van der Waals surface area (Å²) in [5.41, 5.74) is 10.6. The van der Waals surface area contributed by atoms with Crippen molar-refractivity contribution < 1.29 is 4.57 Å². The molecule has 3 aromatic rings. The van der Waals surface area contributed by atoms with Crippen LogP contribution in [0.2, 0.25) is 0 Å². The Hall–Kier alpha value is -2.56. The molecule has 8 rings (SSSR count). The number of rotatable bonds is 2. The summed E-state index contributed by atoms with van der Waals surface area (Å²) in [5, 5.41) is 2.86. The molecule has 1 unspecified atom stereocenters. The molecule has 0 N–H and O–H groups in total. The van der Waals surface area contributed by atoms with Gasteiger partial charge >= 0.3 is 0 Å². The number of thiazole rings is 1. The first-order valence-corrected chi connectivity index (χ1v) is 14.8. The van der Waals surface area contributed by atoms with Crippen LogP contribution in [0, 0.1) is 5.92 Å². The van der Waals surface area contributed by atoms with Crippen molar-refractivity contribution in [3.63, 3.8) is 0 Å². The average molecular weight is 494 g/mol. The second-order valence-electron chi connectivity index (χ2n) is 10.6. The van der Waals surface area contributed by atoms with E-state index in [1.165, 1.54) is 98.1 Å². The van der Waals surface area contributed by atoms with E-state index in [1.54, 1.807) is 5.57 Å². The van der Waals surface area contributed by atoms with Gasteiger partial charge in [-0.1, -0.05) is 59.5 Å². The Morgan fingerprint density at radius 3 is 2.83 bits per heavy atom. The number of hydrogen-bond acceptors (Lipinski definition) is 3. The standard InChI is InChI=1S/C31H29N2S2/c1-4-23-6-3-14-32-28(34-26(7-1)30(23)32)18-20-9-11-22-12-10-21(17-25(22)16-20)19-29-33-15-13-24-5-2-8-27(35-29)31(24)33/h1-2,4-5,7-8,16-19,22H,3,6,9-15H2/q+1. The number of hydrogen-bond donors (Lipinski definition) is 0. The van der Waals surface area contributed by atoms with Crippen molar-refractivity contribution in [2.24, 2.45) is 5.92 Å². The van der Waals surface area contributed by atoms with Crippen LogP contribution in [0.15, 0.2) is 81.3 Å². The van der Waals surface area contributed by atoms with E-state index >= 15 is 0 Å². The van der Waals surface area contributed by atoms with Crippen molar-refractivity contribution in [1.29, 1.82) is 0 Å². The first-order chi connectivity index (χ1) is 17.3. The fourth-order valence-electron chi connectivity index (χ4n) is 6.75. The van der Waals surface area contributed by atoms with Crippen molar-refractivity contribution >= 4 is 45.1 Å². The van der Waals surface area contributed by atoms with Gasteiger partial charge in [-0.3, -0.25) is 0 Å². The summed E-state index contributed by atoms with van der Waals surface area (Å²) < 4.78 is 4.03. The fraction of sp³-hybridized carbons (Fsp3) is 0.323. The first-order valence-electron chi connectivity index (χ1n) is 13.2. The molecule has 2 nitrogen and oxygen atoms in total. The second-order valence-corrected chi connectivity index (χ2v) is 12.7. The van der Waals surface area contributed by atoms with Crippen molar-refractivity contribution in [2.75, 3.05) is 11.4 Å². The van der Waals surface area contributed by atoms with E-state index in [9.17, 15) is 0 Å². The van der Waals surface area contributed by atoms with E-state index < -0.39 is 0 Å². The lowest BCUT2D eigenvalue weighted by molar-refractivity contribution is -0.671. The zero-order chi connectivity index (χ0) is 22.9. The minimum absolute atomic E-state index is 0.737. The Balaban J connectivity index is 1.13. The van der Waals surface area contributed by atoms with Crippen molar-refractivity contribution in [3.8, 4) is 0 Å². The number of para-hydroxylation sites is 2. The highest BCUT2D eigenvalue weighted by Gasteiger charge is 2.32. The molecule has 2 aliphatic carbocycles. The highest BCUT2D eigenvalue weighted by Crippen LogP contribution is 2.51. The predicted molar refractivity (Wildman–Crippen MR) is 148 cm³/mol. The number of allylic oxidation sites excluding steroid dienone is 6. The fourth-order valence-corrected chi connectivity index (χ4v) is 9.17. The smallest absolute Gasteiger partial charge is 0.263 e. The SMILES string of the molecule is C1=C(/C=C2\Sc3cccc4c3N2CC4)CCC2CC/C(=C\c3sc4cccc5c4[n+]3CCC5)C=C12. The summed E-state index contributed by atoms with van der Waals surface area (Å²) in [5.74, 6) is 0.737. The molecule has 4 heteroatoms. The highest BCUT2D eigenvalue weighted by atomic mass is 32.2. The van der Waals surface area contributed by atoms with E-state index in [0.717, 1.165) is 19.0 Å². The van der Waals surface area contributed by atoms with Gasteiger partial charge in [-0.05, 0) is 84.9 Å². The number of fused-ring (bicyclic) bond motifs is 1. The molecule has 0 saturated heterocycles. The van der Waals surface area contributed by atoms with Crippen molar-refractivity contribution in [3.05, 3.63) is 92.5 Å². The second kappa shape index (κ2) is 7.97. The van der Waals surface area contributed by atoms with Crippen LogP contribution < -0.4 is 9.47 Å². The maximum Gasteiger partial charge on any atom is 0.263 e. The summed E-state index contributed by atoms with van der Waals surface area (Å²) in [6.45, 7) is 2.29. The number of thioether (sulfide) groups is 1.